The maximum atomic E-state index is 13.9. The minimum Gasteiger partial charge on any atom is -0.459 e. The van der Waals surface area contributed by atoms with Gasteiger partial charge in [-0.2, -0.15) is 10.1 Å². The van der Waals surface area contributed by atoms with Crippen LogP contribution in [0.25, 0.3) is 22.2 Å². The molecule has 13 nitrogen and oxygen atoms in total. The number of hydrogen-bond donors (Lipinski definition) is 3. The summed E-state index contributed by atoms with van der Waals surface area (Å²) >= 11 is 0. The van der Waals surface area contributed by atoms with E-state index in [2.05, 4.69) is 35.7 Å². The van der Waals surface area contributed by atoms with Crippen molar-refractivity contribution >= 4 is 40.1 Å². The molecule has 3 N–H and O–H groups in total. The molecule has 5 aromatic rings. The molecule has 1 fully saturated rings. The zero-order valence-electron chi connectivity index (χ0n) is 25.2. The van der Waals surface area contributed by atoms with Gasteiger partial charge in [-0.1, -0.05) is 12.1 Å². The number of H-pyrrole nitrogens is 1. The highest BCUT2D eigenvalue weighted by atomic mass is 19.1. The van der Waals surface area contributed by atoms with E-state index < -0.39 is 5.82 Å². The third-order valence-corrected chi connectivity index (χ3v) is 7.57. The first kappa shape index (κ1) is 29.0. The highest BCUT2D eigenvalue weighted by Gasteiger charge is 2.27. The quantitative estimate of drug-likeness (QED) is 0.229. The summed E-state index contributed by atoms with van der Waals surface area (Å²) in [6.45, 7) is 5.35. The Morgan fingerprint density at radius 3 is 2.82 bits per heavy atom. The first-order valence-electron chi connectivity index (χ1n) is 14.2. The van der Waals surface area contributed by atoms with Crippen LogP contribution in [0, 0.1) is 19.7 Å². The minimum atomic E-state index is -0.513. The molecule has 0 radical (unpaired) electrons. The summed E-state index contributed by atoms with van der Waals surface area (Å²) in [5.41, 5.74) is 5.08. The van der Waals surface area contributed by atoms with Gasteiger partial charge in [0.15, 0.2) is 17.5 Å². The molecule has 44 heavy (non-hydrogen) atoms. The van der Waals surface area contributed by atoms with E-state index in [1.54, 1.807) is 29.9 Å². The van der Waals surface area contributed by atoms with Crippen molar-refractivity contribution < 1.29 is 13.9 Å². The van der Waals surface area contributed by atoms with Crippen LogP contribution < -0.4 is 20.3 Å². The molecule has 5 heterocycles. The van der Waals surface area contributed by atoms with Gasteiger partial charge in [-0.05, 0) is 31.9 Å². The average molecular weight is 600 g/mol. The number of fused-ring (bicyclic) bond motifs is 1. The number of hydrogen-bond acceptors (Lipinski definition) is 10. The summed E-state index contributed by atoms with van der Waals surface area (Å²) in [5, 5.41) is 11.6. The summed E-state index contributed by atoms with van der Waals surface area (Å²) in [7, 11) is 5.29. The van der Waals surface area contributed by atoms with E-state index in [0.29, 0.717) is 37.0 Å². The molecular weight excluding hydrogens is 565 g/mol. The molecule has 0 unspecified atom stereocenters. The van der Waals surface area contributed by atoms with Crippen molar-refractivity contribution in [2.24, 2.45) is 7.05 Å². The smallest absolute Gasteiger partial charge is 0.318 e. The minimum absolute atomic E-state index is 0.120. The average Bonchev–Trinajstić information content (AvgIpc) is 3.69. The maximum absolute atomic E-state index is 13.9. The second kappa shape index (κ2) is 11.9. The highest BCUT2D eigenvalue weighted by molar-refractivity contribution is 6.06. The van der Waals surface area contributed by atoms with Gasteiger partial charge in [0, 0.05) is 69.3 Å². The van der Waals surface area contributed by atoms with Gasteiger partial charge in [-0.15, -0.1) is 0 Å². The molecular formula is C30H34FN11O2. The second-order valence-corrected chi connectivity index (χ2v) is 11.1. The van der Waals surface area contributed by atoms with Crippen LogP contribution in [0.5, 0.6) is 6.01 Å². The van der Waals surface area contributed by atoms with E-state index in [-0.39, 0.29) is 30.4 Å². The van der Waals surface area contributed by atoms with Crippen molar-refractivity contribution in [2.75, 3.05) is 49.3 Å². The van der Waals surface area contributed by atoms with Crippen molar-refractivity contribution in [3.8, 4) is 17.3 Å². The topological polar surface area (TPSA) is 142 Å². The first-order chi connectivity index (χ1) is 21.1. The number of aryl methyl sites for hydroxylation is 3. The Labute approximate surface area is 253 Å². The fraction of sp³-hybridized carbons (Fsp3) is 0.333. The number of amides is 1. The molecule has 1 aromatic carbocycles. The lowest BCUT2D eigenvalue weighted by molar-refractivity contribution is -0.117. The van der Waals surface area contributed by atoms with Gasteiger partial charge < -0.3 is 25.3 Å². The van der Waals surface area contributed by atoms with Crippen LogP contribution in [0.3, 0.4) is 0 Å². The molecule has 4 aromatic heterocycles. The molecule has 0 aliphatic carbocycles. The zero-order valence-corrected chi connectivity index (χ0v) is 25.2. The Morgan fingerprint density at radius 1 is 1.20 bits per heavy atom. The van der Waals surface area contributed by atoms with Crippen LogP contribution >= 0.6 is 0 Å². The number of halogens is 1. The number of carbonyl (C=O) groups excluding carboxylic acids is 1. The number of carbonyl (C=O) groups is 1. The molecule has 1 atom stereocenters. The lowest BCUT2D eigenvalue weighted by Gasteiger charge is -2.17. The van der Waals surface area contributed by atoms with Crippen molar-refractivity contribution in [1.29, 1.82) is 0 Å². The van der Waals surface area contributed by atoms with Crippen LogP contribution in [0.15, 0.2) is 42.9 Å². The van der Waals surface area contributed by atoms with Crippen molar-refractivity contribution in [1.82, 2.24) is 39.6 Å². The number of para-hydroxylation sites is 1. The molecule has 6 rings (SSSR count). The van der Waals surface area contributed by atoms with E-state index in [9.17, 15) is 9.18 Å². The van der Waals surface area contributed by atoms with Gasteiger partial charge in [0.1, 0.15) is 6.10 Å². The normalized spacial score (nSPS) is 15.1. The summed E-state index contributed by atoms with van der Waals surface area (Å²) in [4.78, 5) is 37.3. The third-order valence-electron chi connectivity index (χ3n) is 7.57. The molecule has 0 spiro atoms. The lowest BCUT2D eigenvalue weighted by Crippen LogP contribution is -2.33. The third kappa shape index (κ3) is 6.01. The predicted octanol–water partition coefficient (Wildman–Crippen LogP) is 3.81. The fourth-order valence-corrected chi connectivity index (χ4v) is 5.26. The Morgan fingerprint density at radius 2 is 2.05 bits per heavy atom. The Hall–Kier alpha value is -5.11. The Bertz CT molecular complexity index is 1810. The Kier molecular flexibility index (Phi) is 7.82. The van der Waals surface area contributed by atoms with Gasteiger partial charge in [0.25, 0.3) is 0 Å². The molecule has 1 aliphatic heterocycles. The second-order valence-electron chi connectivity index (χ2n) is 11.1. The molecule has 1 saturated heterocycles. The SMILES string of the molecule is Cc1cnc(Nc2cc(C)n(C)n2)nc1-c1c[nH]c2c(NC(=O)CN3CC[C@H](Oc4ncc(F)c(N(C)C)n4)C3)cccc12. The number of aromatic nitrogens is 7. The lowest BCUT2D eigenvalue weighted by atomic mass is 10.1. The molecule has 228 valence electrons. The van der Waals surface area contributed by atoms with Gasteiger partial charge in [-0.25, -0.2) is 19.3 Å². The van der Waals surface area contributed by atoms with Crippen LogP contribution in [-0.2, 0) is 11.8 Å². The molecule has 1 amide bonds. The van der Waals surface area contributed by atoms with Gasteiger partial charge in [0.05, 0.1) is 29.6 Å². The molecule has 14 heteroatoms. The molecule has 0 saturated carbocycles. The summed E-state index contributed by atoms with van der Waals surface area (Å²) < 4.78 is 21.6. The van der Waals surface area contributed by atoms with E-state index in [1.807, 2.05) is 56.3 Å². The van der Waals surface area contributed by atoms with Crippen molar-refractivity contribution in [2.45, 2.75) is 26.4 Å². The van der Waals surface area contributed by atoms with Gasteiger partial charge >= 0.3 is 6.01 Å². The standard InChI is InChI=1S/C30H34FN11O2/c1-17-12-33-29(36-24-11-18(2)41(5)39-24)37-26(17)21-13-32-27-20(21)7-6-8-23(27)35-25(43)16-42-10-9-19(15-42)44-30-34-14-22(31)28(38-30)40(3)4/h6-8,11-14,19,32H,9-10,15-16H2,1-5H3,(H,35,43)(H,33,36,37,39)/t19-/m0/s1. The Balaban J connectivity index is 1.12. The summed E-state index contributed by atoms with van der Waals surface area (Å²) in [6, 6.07) is 7.82. The van der Waals surface area contributed by atoms with Crippen LogP contribution in [0.2, 0.25) is 0 Å². The van der Waals surface area contributed by atoms with E-state index in [0.717, 1.165) is 39.6 Å². The number of rotatable bonds is 9. The van der Waals surface area contributed by atoms with Crippen LogP contribution in [0.4, 0.5) is 27.7 Å². The van der Waals surface area contributed by atoms with Gasteiger partial charge in [0.2, 0.25) is 11.9 Å². The van der Waals surface area contributed by atoms with Crippen molar-refractivity contribution in [3.05, 3.63) is 59.9 Å². The van der Waals surface area contributed by atoms with E-state index >= 15 is 0 Å². The van der Waals surface area contributed by atoms with Crippen LogP contribution in [-0.4, -0.2) is 85.3 Å². The summed E-state index contributed by atoms with van der Waals surface area (Å²) in [5.74, 6) is 0.622. The summed E-state index contributed by atoms with van der Waals surface area (Å²) in [6.07, 6.45) is 5.29. The largest absolute Gasteiger partial charge is 0.459 e. The predicted molar refractivity (Wildman–Crippen MR) is 166 cm³/mol. The zero-order chi connectivity index (χ0) is 31.0. The highest BCUT2D eigenvalue weighted by Crippen LogP contribution is 2.33. The van der Waals surface area contributed by atoms with E-state index in [1.165, 1.54) is 0 Å². The van der Waals surface area contributed by atoms with Crippen molar-refractivity contribution in [3.63, 3.8) is 0 Å². The molecule has 1 aliphatic rings. The number of nitrogens with zero attached hydrogens (tertiary/aromatic N) is 8. The monoisotopic (exact) mass is 599 g/mol. The van der Waals surface area contributed by atoms with Gasteiger partial charge in [-0.3, -0.25) is 14.4 Å². The van der Waals surface area contributed by atoms with Crippen LogP contribution in [0.1, 0.15) is 17.7 Å². The van der Waals surface area contributed by atoms with E-state index in [4.69, 9.17) is 9.72 Å². The number of nitrogens with one attached hydrogen (secondary N) is 3. The number of aromatic amines is 1. The first-order valence-corrected chi connectivity index (χ1v) is 14.2. The number of ether oxygens (including phenoxy) is 1. The number of benzene rings is 1. The number of anilines is 4. The number of likely N-dealkylation sites (tertiary alicyclic amines) is 1. The fourth-order valence-electron chi connectivity index (χ4n) is 5.26. The maximum Gasteiger partial charge on any atom is 0.318 e. The molecule has 0 bridgehead atoms.